The number of hydrogen-bond donors (Lipinski definition) is 3. The molecule has 19 heavy (non-hydrogen) atoms. The second-order valence-corrected chi connectivity index (χ2v) is 4.88. The first kappa shape index (κ1) is 13.8. The van der Waals surface area contributed by atoms with Crippen LogP contribution in [0.2, 0.25) is 0 Å². The molecule has 1 aliphatic rings. The Bertz CT molecular complexity index is 449. The number of amides is 1. The molecule has 5 heteroatoms. The third kappa shape index (κ3) is 3.24. The van der Waals surface area contributed by atoms with Crippen LogP contribution in [-0.4, -0.2) is 42.0 Å². The maximum Gasteiger partial charge on any atom is 0.251 e. The number of hydrogen-bond acceptors (Lipinski definition) is 4. The Hall–Kier alpha value is -1.59. The van der Waals surface area contributed by atoms with Crippen molar-refractivity contribution in [3.63, 3.8) is 0 Å². The van der Waals surface area contributed by atoms with E-state index in [1.165, 1.54) is 0 Å². The minimum absolute atomic E-state index is 0.0489. The molecule has 0 spiro atoms. The normalized spacial score (nSPS) is 26.2. The zero-order chi connectivity index (χ0) is 13.8. The quantitative estimate of drug-likeness (QED) is 0.743. The molecule has 0 unspecified atom stereocenters. The fourth-order valence-electron chi connectivity index (χ4n) is 2.45. The number of carbonyl (C=O) groups excluding carboxylic acids is 1. The summed E-state index contributed by atoms with van der Waals surface area (Å²) in [6.45, 7) is -0.0489. The first-order chi connectivity index (χ1) is 9.13. The van der Waals surface area contributed by atoms with Gasteiger partial charge >= 0.3 is 0 Å². The van der Waals surface area contributed by atoms with Crippen molar-refractivity contribution in [2.24, 2.45) is 5.92 Å². The van der Waals surface area contributed by atoms with Crippen LogP contribution in [0, 0.1) is 5.92 Å². The van der Waals surface area contributed by atoms with Gasteiger partial charge in [-0.15, -0.1) is 0 Å². The lowest BCUT2D eigenvalue weighted by atomic mass is 10.1. The van der Waals surface area contributed by atoms with Gasteiger partial charge in [-0.3, -0.25) is 4.79 Å². The smallest absolute Gasteiger partial charge is 0.251 e. The molecule has 3 atom stereocenters. The molecule has 0 heterocycles. The summed E-state index contributed by atoms with van der Waals surface area (Å²) in [5.74, 6) is 0.303. The SMILES string of the molecule is COc1cccc(C(=O)N[C@H]2C[C@@H](CO)[C@@H](O)C2)c1. The number of rotatable bonds is 4. The summed E-state index contributed by atoms with van der Waals surface area (Å²) in [7, 11) is 1.55. The maximum atomic E-state index is 12.1. The molecule has 1 amide bonds. The topological polar surface area (TPSA) is 78.8 Å². The molecular formula is C14H19NO4. The number of methoxy groups -OCH3 is 1. The highest BCUT2D eigenvalue weighted by Crippen LogP contribution is 2.26. The van der Waals surface area contributed by atoms with Gasteiger partial charge in [0.15, 0.2) is 0 Å². The molecule has 0 radical (unpaired) electrons. The van der Waals surface area contributed by atoms with Crippen LogP contribution in [0.1, 0.15) is 23.2 Å². The van der Waals surface area contributed by atoms with Gasteiger partial charge in [-0.1, -0.05) is 6.07 Å². The highest BCUT2D eigenvalue weighted by atomic mass is 16.5. The maximum absolute atomic E-state index is 12.1. The van der Waals surface area contributed by atoms with Gasteiger partial charge in [-0.05, 0) is 31.0 Å². The number of aliphatic hydroxyl groups excluding tert-OH is 2. The van der Waals surface area contributed by atoms with Crippen LogP contribution in [0.4, 0.5) is 0 Å². The zero-order valence-corrected chi connectivity index (χ0v) is 10.9. The lowest BCUT2D eigenvalue weighted by Crippen LogP contribution is -2.33. The van der Waals surface area contributed by atoms with E-state index in [0.717, 1.165) is 0 Å². The van der Waals surface area contributed by atoms with Crippen molar-refractivity contribution in [1.82, 2.24) is 5.32 Å². The van der Waals surface area contributed by atoms with E-state index < -0.39 is 6.10 Å². The fourth-order valence-corrected chi connectivity index (χ4v) is 2.45. The summed E-state index contributed by atoms with van der Waals surface area (Å²) in [4.78, 5) is 12.1. The Kier molecular flexibility index (Phi) is 4.39. The van der Waals surface area contributed by atoms with Crippen molar-refractivity contribution in [2.75, 3.05) is 13.7 Å². The Morgan fingerprint density at radius 2 is 2.26 bits per heavy atom. The third-order valence-electron chi connectivity index (χ3n) is 3.56. The number of aliphatic hydroxyl groups is 2. The first-order valence-corrected chi connectivity index (χ1v) is 6.38. The second-order valence-electron chi connectivity index (χ2n) is 4.88. The summed E-state index contributed by atoms with van der Waals surface area (Å²) in [5.41, 5.74) is 0.529. The van der Waals surface area contributed by atoms with Crippen LogP contribution in [0.15, 0.2) is 24.3 Å². The Labute approximate surface area is 112 Å². The zero-order valence-electron chi connectivity index (χ0n) is 10.9. The molecular weight excluding hydrogens is 246 g/mol. The molecule has 0 aliphatic heterocycles. The molecule has 1 aromatic carbocycles. The minimum atomic E-state index is -0.541. The lowest BCUT2D eigenvalue weighted by Gasteiger charge is -2.12. The van der Waals surface area contributed by atoms with Crippen molar-refractivity contribution >= 4 is 5.91 Å². The van der Waals surface area contributed by atoms with Crippen LogP contribution in [0.3, 0.4) is 0 Å². The predicted octanol–water partition coefficient (Wildman–Crippen LogP) is 0.557. The molecule has 1 aromatic rings. The standard InChI is InChI=1S/C14H19NO4/c1-19-12-4-2-3-9(6-12)14(18)15-11-5-10(8-16)13(17)7-11/h2-4,6,10-11,13,16-17H,5,7-8H2,1H3,(H,15,18)/t10-,11-,13-/m0/s1. The van der Waals surface area contributed by atoms with Crippen LogP contribution >= 0.6 is 0 Å². The predicted molar refractivity (Wildman–Crippen MR) is 70.1 cm³/mol. The van der Waals surface area contributed by atoms with Gasteiger partial charge in [0.25, 0.3) is 5.91 Å². The average Bonchev–Trinajstić information content (AvgIpc) is 2.78. The Balaban J connectivity index is 1.98. The van der Waals surface area contributed by atoms with Gasteiger partial charge in [0.2, 0.25) is 0 Å². The summed E-state index contributed by atoms with van der Waals surface area (Å²) in [5, 5.41) is 21.7. The van der Waals surface area contributed by atoms with Crippen LogP contribution in [-0.2, 0) is 0 Å². The van der Waals surface area contributed by atoms with E-state index >= 15 is 0 Å². The van der Waals surface area contributed by atoms with E-state index in [1.54, 1.807) is 31.4 Å². The molecule has 1 fully saturated rings. The van der Waals surface area contributed by atoms with Crippen molar-refractivity contribution in [3.8, 4) is 5.75 Å². The van der Waals surface area contributed by atoms with Crippen molar-refractivity contribution in [1.29, 1.82) is 0 Å². The number of nitrogens with one attached hydrogen (secondary N) is 1. The third-order valence-corrected chi connectivity index (χ3v) is 3.56. The molecule has 0 saturated heterocycles. The highest BCUT2D eigenvalue weighted by molar-refractivity contribution is 5.94. The minimum Gasteiger partial charge on any atom is -0.497 e. The van der Waals surface area contributed by atoms with E-state index in [0.29, 0.717) is 24.2 Å². The van der Waals surface area contributed by atoms with Gasteiger partial charge in [-0.25, -0.2) is 0 Å². The molecule has 104 valence electrons. The van der Waals surface area contributed by atoms with Crippen molar-refractivity contribution in [3.05, 3.63) is 29.8 Å². The van der Waals surface area contributed by atoms with Crippen LogP contribution in [0.25, 0.3) is 0 Å². The van der Waals surface area contributed by atoms with Crippen molar-refractivity contribution in [2.45, 2.75) is 25.0 Å². The van der Waals surface area contributed by atoms with E-state index in [1.807, 2.05) is 0 Å². The molecule has 1 aliphatic carbocycles. The Morgan fingerprint density at radius 3 is 2.89 bits per heavy atom. The Morgan fingerprint density at radius 1 is 1.47 bits per heavy atom. The number of benzene rings is 1. The van der Waals surface area contributed by atoms with Gasteiger partial charge in [0.1, 0.15) is 5.75 Å². The monoisotopic (exact) mass is 265 g/mol. The largest absolute Gasteiger partial charge is 0.497 e. The first-order valence-electron chi connectivity index (χ1n) is 6.38. The molecule has 3 N–H and O–H groups in total. The van der Waals surface area contributed by atoms with Crippen molar-refractivity contribution < 1.29 is 19.7 Å². The van der Waals surface area contributed by atoms with E-state index in [2.05, 4.69) is 5.32 Å². The number of carbonyl (C=O) groups is 1. The molecule has 0 bridgehead atoms. The van der Waals surface area contributed by atoms with E-state index in [9.17, 15) is 9.90 Å². The second kappa shape index (κ2) is 6.04. The summed E-state index contributed by atoms with van der Waals surface area (Å²) < 4.78 is 5.07. The number of ether oxygens (including phenoxy) is 1. The lowest BCUT2D eigenvalue weighted by molar-refractivity contribution is 0.0903. The van der Waals surface area contributed by atoms with Gasteiger partial charge in [0, 0.05) is 24.1 Å². The van der Waals surface area contributed by atoms with Crippen LogP contribution in [0.5, 0.6) is 5.75 Å². The molecule has 5 nitrogen and oxygen atoms in total. The summed E-state index contributed by atoms with van der Waals surface area (Å²) in [6, 6.07) is 6.83. The molecule has 0 aromatic heterocycles. The fraction of sp³-hybridized carbons (Fsp3) is 0.500. The van der Waals surface area contributed by atoms with E-state index in [4.69, 9.17) is 9.84 Å². The highest BCUT2D eigenvalue weighted by Gasteiger charge is 2.33. The summed E-state index contributed by atoms with van der Waals surface area (Å²) >= 11 is 0. The molecule has 2 rings (SSSR count). The van der Waals surface area contributed by atoms with Gasteiger partial charge in [-0.2, -0.15) is 0 Å². The summed E-state index contributed by atoms with van der Waals surface area (Å²) in [6.07, 6.45) is 0.550. The average molecular weight is 265 g/mol. The van der Waals surface area contributed by atoms with E-state index in [-0.39, 0.29) is 24.5 Å². The van der Waals surface area contributed by atoms with Gasteiger partial charge in [0.05, 0.1) is 13.2 Å². The molecule has 1 saturated carbocycles. The van der Waals surface area contributed by atoms with Gasteiger partial charge < -0.3 is 20.3 Å². The van der Waals surface area contributed by atoms with Crippen LogP contribution < -0.4 is 10.1 Å².